The molecule has 0 aliphatic carbocycles. The summed E-state index contributed by atoms with van der Waals surface area (Å²) in [4.78, 5) is 7.04. The van der Waals surface area contributed by atoms with Gasteiger partial charge in [0, 0.05) is 35.3 Å². The first-order valence-corrected chi connectivity index (χ1v) is 7.93. The van der Waals surface area contributed by atoms with Crippen LogP contribution in [0, 0.1) is 5.92 Å². The van der Waals surface area contributed by atoms with Gasteiger partial charge in [-0.2, -0.15) is 0 Å². The van der Waals surface area contributed by atoms with Crippen LogP contribution in [0.5, 0.6) is 0 Å². The Labute approximate surface area is 117 Å². The normalized spacial score (nSPS) is 20.5. The highest BCUT2D eigenvalue weighted by molar-refractivity contribution is 7.17. The number of rotatable bonds is 3. The highest BCUT2D eigenvalue weighted by atomic mass is 35.5. The third kappa shape index (κ3) is 2.34. The van der Waals surface area contributed by atoms with Crippen molar-refractivity contribution in [2.24, 2.45) is 5.92 Å². The monoisotopic (exact) mass is 280 g/mol. The van der Waals surface area contributed by atoms with Gasteiger partial charge < -0.3 is 4.90 Å². The molecule has 2 nitrogen and oxygen atoms in total. The van der Waals surface area contributed by atoms with E-state index in [2.05, 4.69) is 27.4 Å². The Balaban J connectivity index is 1.87. The van der Waals surface area contributed by atoms with Gasteiger partial charge in [0.15, 0.2) is 0 Å². The molecular weight excluding hydrogens is 264 g/mol. The van der Waals surface area contributed by atoms with Gasteiger partial charge >= 0.3 is 0 Å². The van der Waals surface area contributed by atoms with Crippen LogP contribution in [0.4, 0.5) is 5.82 Å². The van der Waals surface area contributed by atoms with Gasteiger partial charge in [0.25, 0.3) is 0 Å². The van der Waals surface area contributed by atoms with Crippen LogP contribution < -0.4 is 4.90 Å². The molecule has 0 amide bonds. The van der Waals surface area contributed by atoms with E-state index in [1.54, 1.807) is 11.3 Å². The zero-order chi connectivity index (χ0) is 12.4. The Morgan fingerprint density at radius 1 is 1.44 bits per heavy atom. The average molecular weight is 281 g/mol. The van der Waals surface area contributed by atoms with Crippen LogP contribution in [0.2, 0.25) is 0 Å². The fourth-order valence-corrected chi connectivity index (χ4v) is 3.86. The largest absolute Gasteiger partial charge is 0.356 e. The molecule has 0 N–H and O–H groups in total. The lowest BCUT2D eigenvalue weighted by atomic mass is 9.95. The van der Waals surface area contributed by atoms with Crippen LogP contribution in [-0.2, 0) is 0 Å². The van der Waals surface area contributed by atoms with E-state index in [9.17, 15) is 0 Å². The minimum Gasteiger partial charge on any atom is -0.356 e. The summed E-state index contributed by atoms with van der Waals surface area (Å²) in [6, 6.07) is 4.29. The second kappa shape index (κ2) is 5.45. The van der Waals surface area contributed by atoms with E-state index < -0.39 is 0 Å². The molecular formula is C14H17ClN2S. The van der Waals surface area contributed by atoms with Crippen molar-refractivity contribution in [2.75, 3.05) is 23.9 Å². The maximum atomic E-state index is 5.87. The summed E-state index contributed by atoms with van der Waals surface area (Å²) >= 11 is 7.66. The molecule has 0 spiro atoms. The molecule has 0 radical (unpaired) electrons. The molecule has 2 aromatic heterocycles. The molecule has 1 fully saturated rings. The van der Waals surface area contributed by atoms with Crippen molar-refractivity contribution in [3.63, 3.8) is 0 Å². The van der Waals surface area contributed by atoms with E-state index in [-0.39, 0.29) is 0 Å². The van der Waals surface area contributed by atoms with Crippen molar-refractivity contribution in [2.45, 2.75) is 19.3 Å². The molecule has 2 aromatic rings. The summed E-state index contributed by atoms with van der Waals surface area (Å²) in [7, 11) is 0. The van der Waals surface area contributed by atoms with E-state index in [4.69, 9.17) is 11.6 Å². The number of pyridine rings is 1. The van der Waals surface area contributed by atoms with Gasteiger partial charge in [0.2, 0.25) is 0 Å². The van der Waals surface area contributed by atoms with Gasteiger partial charge in [-0.1, -0.05) is 0 Å². The van der Waals surface area contributed by atoms with Gasteiger partial charge in [-0.15, -0.1) is 22.9 Å². The standard InChI is InChI=1S/C14H17ClN2S/c15-6-3-11-2-1-8-17(10-11)14-12-5-9-18-13(12)4-7-16-14/h4-5,7,9,11H,1-3,6,8,10H2. The van der Waals surface area contributed by atoms with Gasteiger partial charge in [0.05, 0.1) is 0 Å². The number of halogens is 1. The van der Waals surface area contributed by atoms with Crippen molar-refractivity contribution in [1.82, 2.24) is 4.98 Å². The lowest BCUT2D eigenvalue weighted by Crippen LogP contribution is -2.36. The van der Waals surface area contributed by atoms with Crippen LogP contribution in [0.1, 0.15) is 19.3 Å². The molecule has 3 rings (SSSR count). The fraction of sp³-hybridized carbons (Fsp3) is 0.500. The summed E-state index contributed by atoms with van der Waals surface area (Å²) in [5, 5.41) is 3.45. The molecule has 0 saturated carbocycles. The quantitative estimate of drug-likeness (QED) is 0.786. The number of hydrogen-bond donors (Lipinski definition) is 0. The molecule has 96 valence electrons. The molecule has 0 aromatic carbocycles. The minimum atomic E-state index is 0.729. The molecule has 1 aliphatic rings. The Bertz CT molecular complexity index is 523. The van der Waals surface area contributed by atoms with Gasteiger partial charge in [-0.05, 0) is 42.7 Å². The Hall–Kier alpha value is -0.800. The molecule has 0 bridgehead atoms. The first kappa shape index (κ1) is 12.2. The van der Waals surface area contributed by atoms with E-state index in [1.165, 1.54) is 22.9 Å². The first-order chi connectivity index (χ1) is 8.88. The number of piperidine rings is 1. The van der Waals surface area contributed by atoms with Gasteiger partial charge in [-0.3, -0.25) is 0 Å². The molecule has 1 atom stereocenters. The highest BCUT2D eigenvalue weighted by Crippen LogP contribution is 2.31. The molecule has 1 unspecified atom stereocenters. The molecule has 18 heavy (non-hydrogen) atoms. The topological polar surface area (TPSA) is 16.1 Å². The van der Waals surface area contributed by atoms with E-state index in [1.807, 2.05) is 6.20 Å². The highest BCUT2D eigenvalue weighted by Gasteiger charge is 2.21. The molecule has 1 saturated heterocycles. The lowest BCUT2D eigenvalue weighted by Gasteiger charge is -2.33. The van der Waals surface area contributed by atoms with E-state index >= 15 is 0 Å². The van der Waals surface area contributed by atoms with Crippen LogP contribution in [0.3, 0.4) is 0 Å². The number of aromatic nitrogens is 1. The smallest absolute Gasteiger partial charge is 0.137 e. The van der Waals surface area contributed by atoms with Crippen molar-refractivity contribution in [3.05, 3.63) is 23.7 Å². The van der Waals surface area contributed by atoms with Crippen LogP contribution >= 0.6 is 22.9 Å². The first-order valence-electron chi connectivity index (χ1n) is 6.51. The third-order valence-corrected chi connectivity index (χ3v) is 4.80. The maximum absolute atomic E-state index is 5.87. The number of anilines is 1. The minimum absolute atomic E-state index is 0.729. The summed E-state index contributed by atoms with van der Waals surface area (Å²) in [5.41, 5.74) is 0. The maximum Gasteiger partial charge on any atom is 0.137 e. The van der Waals surface area contributed by atoms with E-state index in [0.717, 1.165) is 37.1 Å². The molecule has 3 heterocycles. The number of hydrogen-bond acceptors (Lipinski definition) is 3. The van der Waals surface area contributed by atoms with Gasteiger partial charge in [0.1, 0.15) is 5.82 Å². The number of thiophene rings is 1. The van der Waals surface area contributed by atoms with Crippen molar-refractivity contribution < 1.29 is 0 Å². The predicted octanol–water partition coefficient (Wildman–Crippen LogP) is 4.14. The summed E-state index contributed by atoms with van der Waals surface area (Å²) in [5.74, 6) is 2.66. The van der Waals surface area contributed by atoms with Crippen LogP contribution in [0.25, 0.3) is 10.1 Å². The second-order valence-corrected chi connectivity index (χ2v) is 6.22. The second-order valence-electron chi connectivity index (χ2n) is 4.90. The molecule has 4 heteroatoms. The Morgan fingerprint density at radius 2 is 2.39 bits per heavy atom. The van der Waals surface area contributed by atoms with Crippen molar-refractivity contribution in [3.8, 4) is 0 Å². The fourth-order valence-electron chi connectivity index (χ4n) is 2.78. The third-order valence-electron chi connectivity index (χ3n) is 3.69. The zero-order valence-corrected chi connectivity index (χ0v) is 11.9. The van der Waals surface area contributed by atoms with Crippen LogP contribution in [-0.4, -0.2) is 24.0 Å². The predicted molar refractivity (Wildman–Crippen MR) is 79.9 cm³/mol. The summed E-state index contributed by atoms with van der Waals surface area (Å²) in [6.07, 6.45) is 5.61. The number of nitrogens with zero attached hydrogens (tertiary/aromatic N) is 2. The number of alkyl halides is 1. The molecule has 1 aliphatic heterocycles. The Kier molecular flexibility index (Phi) is 3.71. The Morgan fingerprint density at radius 3 is 3.28 bits per heavy atom. The number of fused-ring (bicyclic) bond motifs is 1. The van der Waals surface area contributed by atoms with Crippen molar-refractivity contribution in [1.29, 1.82) is 0 Å². The lowest BCUT2D eigenvalue weighted by molar-refractivity contribution is 0.405. The van der Waals surface area contributed by atoms with Crippen molar-refractivity contribution >= 4 is 38.8 Å². The van der Waals surface area contributed by atoms with Gasteiger partial charge in [-0.25, -0.2) is 4.98 Å². The summed E-state index contributed by atoms with van der Waals surface area (Å²) < 4.78 is 1.33. The van der Waals surface area contributed by atoms with Crippen LogP contribution in [0.15, 0.2) is 23.7 Å². The average Bonchev–Trinajstić information content (AvgIpc) is 2.87. The zero-order valence-electron chi connectivity index (χ0n) is 10.3. The van der Waals surface area contributed by atoms with E-state index in [0.29, 0.717) is 0 Å². The summed E-state index contributed by atoms with van der Waals surface area (Å²) in [6.45, 7) is 2.23. The SMILES string of the molecule is ClCCC1CCCN(c2nccc3sccc23)C1.